The molecule has 0 radical (unpaired) electrons. The first-order valence-corrected chi connectivity index (χ1v) is 4.19. The van der Waals surface area contributed by atoms with E-state index in [-0.39, 0.29) is 0 Å². The Morgan fingerprint density at radius 3 is 2.67 bits per heavy atom. The SMILES string of the molecule is O=C(Cl)c1sccc1Br. The minimum atomic E-state index is -0.406. The predicted octanol–water partition coefficient (Wildman–Crippen LogP) is 2.89. The van der Waals surface area contributed by atoms with E-state index < -0.39 is 5.24 Å². The summed E-state index contributed by atoms with van der Waals surface area (Å²) in [5, 5.41) is 1.40. The second kappa shape index (κ2) is 2.82. The highest BCUT2D eigenvalue weighted by Gasteiger charge is 2.06. The van der Waals surface area contributed by atoms with Crippen molar-refractivity contribution in [3.05, 3.63) is 20.8 Å². The first-order valence-electron chi connectivity index (χ1n) is 2.14. The van der Waals surface area contributed by atoms with Gasteiger partial charge in [0.05, 0.1) is 0 Å². The standard InChI is InChI=1S/C5H2BrClOS/c6-3-1-2-9-4(3)5(7)8/h1-2H. The van der Waals surface area contributed by atoms with E-state index in [4.69, 9.17) is 11.6 Å². The van der Waals surface area contributed by atoms with Gasteiger partial charge in [-0.2, -0.15) is 0 Å². The molecule has 0 saturated heterocycles. The number of hydrogen-bond acceptors (Lipinski definition) is 2. The monoisotopic (exact) mass is 224 g/mol. The van der Waals surface area contributed by atoms with Crippen molar-refractivity contribution < 1.29 is 4.79 Å². The highest BCUT2D eigenvalue weighted by Crippen LogP contribution is 2.23. The third kappa shape index (κ3) is 1.53. The van der Waals surface area contributed by atoms with Gasteiger partial charge in [-0.05, 0) is 39.0 Å². The molecule has 0 aliphatic rings. The van der Waals surface area contributed by atoms with Crippen molar-refractivity contribution in [1.29, 1.82) is 0 Å². The maximum absolute atomic E-state index is 10.5. The summed E-state index contributed by atoms with van der Waals surface area (Å²) >= 11 is 9.69. The van der Waals surface area contributed by atoms with E-state index in [0.29, 0.717) is 4.88 Å². The summed E-state index contributed by atoms with van der Waals surface area (Å²) < 4.78 is 0.771. The summed E-state index contributed by atoms with van der Waals surface area (Å²) in [6, 6.07) is 1.79. The van der Waals surface area contributed by atoms with Gasteiger partial charge in [-0.15, -0.1) is 11.3 Å². The molecule has 0 aliphatic carbocycles. The van der Waals surface area contributed by atoms with Crippen LogP contribution in [-0.4, -0.2) is 5.24 Å². The van der Waals surface area contributed by atoms with Gasteiger partial charge >= 0.3 is 0 Å². The molecule has 1 nitrogen and oxygen atoms in total. The van der Waals surface area contributed by atoms with Crippen LogP contribution in [-0.2, 0) is 0 Å². The molecule has 0 amide bonds. The first kappa shape index (κ1) is 7.25. The van der Waals surface area contributed by atoms with Crippen LogP contribution in [0.2, 0.25) is 0 Å². The van der Waals surface area contributed by atoms with Gasteiger partial charge in [0, 0.05) is 4.47 Å². The second-order valence-electron chi connectivity index (χ2n) is 1.37. The molecule has 0 fully saturated rings. The maximum Gasteiger partial charge on any atom is 0.263 e. The Morgan fingerprint density at radius 1 is 1.78 bits per heavy atom. The molecule has 0 aromatic carbocycles. The fourth-order valence-electron chi connectivity index (χ4n) is 0.434. The molecule has 4 heteroatoms. The number of hydrogen-bond donors (Lipinski definition) is 0. The van der Waals surface area contributed by atoms with Gasteiger partial charge < -0.3 is 0 Å². The lowest BCUT2D eigenvalue weighted by Crippen LogP contribution is -1.81. The van der Waals surface area contributed by atoms with Crippen molar-refractivity contribution in [3.63, 3.8) is 0 Å². The summed E-state index contributed by atoms with van der Waals surface area (Å²) in [4.78, 5) is 11.0. The molecule has 0 atom stereocenters. The third-order valence-corrected chi connectivity index (χ3v) is 2.93. The molecule has 0 bridgehead atoms. The molecule has 1 heterocycles. The van der Waals surface area contributed by atoms with Crippen LogP contribution in [0.4, 0.5) is 0 Å². The Kier molecular flexibility index (Phi) is 2.27. The van der Waals surface area contributed by atoms with E-state index in [9.17, 15) is 4.79 Å². The zero-order chi connectivity index (χ0) is 6.85. The number of carbonyl (C=O) groups is 1. The summed E-state index contributed by atoms with van der Waals surface area (Å²) in [7, 11) is 0. The van der Waals surface area contributed by atoms with Crippen LogP contribution < -0.4 is 0 Å². The van der Waals surface area contributed by atoms with Crippen LogP contribution in [0.3, 0.4) is 0 Å². The Morgan fingerprint density at radius 2 is 2.44 bits per heavy atom. The molecular formula is C5H2BrClOS. The average molecular weight is 225 g/mol. The molecule has 0 unspecified atom stereocenters. The van der Waals surface area contributed by atoms with Crippen molar-refractivity contribution in [2.24, 2.45) is 0 Å². The fourth-order valence-corrected chi connectivity index (χ4v) is 2.16. The smallest absolute Gasteiger partial charge is 0.263 e. The Balaban J connectivity index is 3.08. The van der Waals surface area contributed by atoms with Gasteiger partial charge in [0.15, 0.2) is 0 Å². The Hall–Kier alpha value is 0.140. The van der Waals surface area contributed by atoms with Gasteiger partial charge in [0.1, 0.15) is 4.88 Å². The molecule has 48 valence electrons. The van der Waals surface area contributed by atoms with Crippen LogP contribution >= 0.6 is 38.9 Å². The van der Waals surface area contributed by atoms with E-state index in [1.54, 1.807) is 11.4 Å². The van der Waals surface area contributed by atoms with Crippen molar-refractivity contribution in [3.8, 4) is 0 Å². The Bertz CT molecular complexity index is 233. The van der Waals surface area contributed by atoms with E-state index in [1.807, 2.05) is 0 Å². The lowest BCUT2D eigenvalue weighted by molar-refractivity contribution is 0.108. The number of halogens is 2. The van der Waals surface area contributed by atoms with Crippen molar-refractivity contribution >= 4 is 44.1 Å². The van der Waals surface area contributed by atoms with E-state index in [1.165, 1.54) is 11.3 Å². The topological polar surface area (TPSA) is 17.1 Å². The molecule has 9 heavy (non-hydrogen) atoms. The molecule has 1 rings (SSSR count). The first-order chi connectivity index (χ1) is 4.22. The van der Waals surface area contributed by atoms with E-state index >= 15 is 0 Å². The third-order valence-electron chi connectivity index (χ3n) is 0.796. The molecular weight excluding hydrogens is 223 g/mol. The van der Waals surface area contributed by atoms with Crippen LogP contribution in [0.15, 0.2) is 15.9 Å². The average Bonchev–Trinajstić information content (AvgIpc) is 2.13. The summed E-state index contributed by atoms with van der Waals surface area (Å²) in [5.41, 5.74) is 0. The van der Waals surface area contributed by atoms with Gasteiger partial charge in [-0.25, -0.2) is 0 Å². The zero-order valence-corrected chi connectivity index (χ0v) is 7.39. The van der Waals surface area contributed by atoms with Crippen LogP contribution in [0.5, 0.6) is 0 Å². The minimum Gasteiger partial charge on any atom is -0.275 e. The van der Waals surface area contributed by atoms with E-state index in [0.717, 1.165) is 4.47 Å². The van der Waals surface area contributed by atoms with Crippen molar-refractivity contribution in [1.82, 2.24) is 0 Å². The number of thiophene rings is 1. The largest absolute Gasteiger partial charge is 0.275 e. The molecule has 1 aromatic heterocycles. The summed E-state index contributed by atoms with van der Waals surface area (Å²) in [6.45, 7) is 0. The lowest BCUT2D eigenvalue weighted by Gasteiger charge is -1.83. The van der Waals surface area contributed by atoms with Crippen LogP contribution in [0.1, 0.15) is 9.67 Å². The summed E-state index contributed by atoms with van der Waals surface area (Å²) in [5.74, 6) is 0. The molecule has 1 aromatic rings. The maximum atomic E-state index is 10.5. The predicted molar refractivity (Wildman–Crippen MR) is 42.2 cm³/mol. The van der Waals surface area contributed by atoms with Crippen LogP contribution in [0, 0.1) is 0 Å². The quantitative estimate of drug-likeness (QED) is 0.672. The highest BCUT2D eigenvalue weighted by atomic mass is 79.9. The molecule has 0 spiro atoms. The van der Waals surface area contributed by atoms with Crippen molar-refractivity contribution in [2.45, 2.75) is 0 Å². The second-order valence-corrected chi connectivity index (χ2v) is 3.49. The van der Waals surface area contributed by atoms with Crippen molar-refractivity contribution in [2.75, 3.05) is 0 Å². The minimum absolute atomic E-state index is 0.406. The van der Waals surface area contributed by atoms with Gasteiger partial charge in [-0.3, -0.25) is 4.79 Å². The van der Waals surface area contributed by atoms with E-state index in [2.05, 4.69) is 15.9 Å². The Labute approximate surface area is 69.8 Å². The number of carbonyl (C=O) groups excluding carboxylic acids is 1. The highest BCUT2D eigenvalue weighted by molar-refractivity contribution is 9.10. The number of rotatable bonds is 1. The lowest BCUT2D eigenvalue weighted by atomic mass is 10.5. The normalized spacial score (nSPS) is 9.56. The molecule has 0 saturated carbocycles. The van der Waals surface area contributed by atoms with Gasteiger partial charge in [0.25, 0.3) is 5.24 Å². The fraction of sp³-hybridized carbons (Fsp3) is 0. The van der Waals surface area contributed by atoms with Crippen LogP contribution in [0.25, 0.3) is 0 Å². The van der Waals surface area contributed by atoms with Gasteiger partial charge in [0.2, 0.25) is 0 Å². The molecule has 0 aliphatic heterocycles. The summed E-state index contributed by atoms with van der Waals surface area (Å²) in [6.07, 6.45) is 0. The molecule has 0 N–H and O–H groups in total. The van der Waals surface area contributed by atoms with Gasteiger partial charge in [-0.1, -0.05) is 0 Å². The zero-order valence-electron chi connectivity index (χ0n) is 4.23.